The van der Waals surface area contributed by atoms with E-state index in [1.807, 2.05) is 0 Å². The fourth-order valence-corrected chi connectivity index (χ4v) is 9.10. The van der Waals surface area contributed by atoms with Crippen molar-refractivity contribution in [2.75, 3.05) is 0 Å². The SMILES string of the molecule is Cc1ccc2cccc3c2c1[Si](C)(C)C(c1ccccc1)=C3c1ccccc1. The molecule has 0 N–H and O–H groups in total. The van der Waals surface area contributed by atoms with Crippen LogP contribution in [0.25, 0.3) is 21.5 Å². The Bertz CT molecular complexity index is 1220. The molecule has 0 unspecified atom stereocenters. The quantitative estimate of drug-likeness (QED) is 0.347. The molecular formula is C27H24Si. The zero-order chi connectivity index (χ0) is 19.3. The number of benzene rings is 4. The molecule has 0 saturated carbocycles. The van der Waals surface area contributed by atoms with Crippen LogP contribution in [0.2, 0.25) is 13.1 Å². The second kappa shape index (κ2) is 6.32. The summed E-state index contributed by atoms with van der Waals surface area (Å²) in [5.74, 6) is 0. The largest absolute Gasteiger partial charge is 0.115 e. The van der Waals surface area contributed by atoms with Crippen molar-refractivity contribution in [3.8, 4) is 0 Å². The third-order valence-electron chi connectivity index (χ3n) is 6.15. The summed E-state index contributed by atoms with van der Waals surface area (Å²) in [6.07, 6.45) is 0. The van der Waals surface area contributed by atoms with Crippen LogP contribution in [0, 0.1) is 6.92 Å². The summed E-state index contributed by atoms with van der Waals surface area (Å²) in [5.41, 5.74) is 6.92. The average Bonchev–Trinajstić information content (AvgIpc) is 2.72. The van der Waals surface area contributed by atoms with Gasteiger partial charge in [0.25, 0.3) is 0 Å². The van der Waals surface area contributed by atoms with Crippen LogP contribution in [-0.2, 0) is 0 Å². The maximum absolute atomic E-state index is 2.52. The van der Waals surface area contributed by atoms with Gasteiger partial charge in [0.2, 0.25) is 0 Å². The first-order chi connectivity index (χ1) is 13.6. The summed E-state index contributed by atoms with van der Waals surface area (Å²) >= 11 is 0. The summed E-state index contributed by atoms with van der Waals surface area (Å²) in [4.78, 5) is 0. The van der Waals surface area contributed by atoms with E-state index in [0.717, 1.165) is 0 Å². The highest BCUT2D eigenvalue weighted by molar-refractivity contribution is 7.07. The summed E-state index contributed by atoms with van der Waals surface area (Å²) in [6.45, 7) is 7.34. The molecule has 0 aliphatic carbocycles. The Hall–Kier alpha value is -2.90. The van der Waals surface area contributed by atoms with Gasteiger partial charge in [-0.2, -0.15) is 0 Å². The number of hydrogen-bond acceptors (Lipinski definition) is 0. The molecule has 1 heteroatoms. The first kappa shape index (κ1) is 17.2. The molecule has 0 radical (unpaired) electrons. The van der Waals surface area contributed by atoms with Crippen LogP contribution in [0.15, 0.2) is 91.0 Å². The zero-order valence-electron chi connectivity index (χ0n) is 16.7. The fraction of sp³-hybridized carbons (Fsp3) is 0.111. The van der Waals surface area contributed by atoms with Gasteiger partial charge in [0, 0.05) is 0 Å². The van der Waals surface area contributed by atoms with Crippen molar-refractivity contribution in [3.05, 3.63) is 113 Å². The van der Waals surface area contributed by atoms with Crippen molar-refractivity contribution in [2.24, 2.45) is 0 Å². The summed E-state index contributed by atoms with van der Waals surface area (Å²) < 4.78 is 0. The van der Waals surface area contributed by atoms with Gasteiger partial charge in [-0.15, -0.1) is 0 Å². The Kier molecular flexibility index (Phi) is 3.89. The van der Waals surface area contributed by atoms with Gasteiger partial charge in [0.15, 0.2) is 0 Å². The second-order valence-electron chi connectivity index (χ2n) is 8.27. The summed E-state index contributed by atoms with van der Waals surface area (Å²) in [5, 5.41) is 5.98. The second-order valence-corrected chi connectivity index (χ2v) is 12.5. The number of hydrogen-bond donors (Lipinski definition) is 0. The van der Waals surface area contributed by atoms with Crippen molar-refractivity contribution >= 4 is 34.8 Å². The first-order valence-corrected chi connectivity index (χ1v) is 13.0. The van der Waals surface area contributed by atoms with Gasteiger partial charge in [0.1, 0.15) is 8.07 Å². The molecule has 4 aromatic carbocycles. The maximum atomic E-state index is 2.52. The van der Waals surface area contributed by atoms with Crippen molar-refractivity contribution in [3.63, 3.8) is 0 Å². The van der Waals surface area contributed by atoms with Gasteiger partial charge in [0.05, 0.1) is 0 Å². The van der Waals surface area contributed by atoms with Crippen molar-refractivity contribution in [2.45, 2.75) is 20.0 Å². The van der Waals surface area contributed by atoms with Gasteiger partial charge in [-0.1, -0.05) is 110 Å². The van der Waals surface area contributed by atoms with Crippen LogP contribution in [-0.4, -0.2) is 8.07 Å². The number of aryl methyl sites for hydroxylation is 1. The lowest BCUT2D eigenvalue weighted by Crippen LogP contribution is -2.47. The molecule has 0 atom stereocenters. The van der Waals surface area contributed by atoms with Crippen LogP contribution < -0.4 is 5.19 Å². The molecule has 28 heavy (non-hydrogen) atoms. The summed E-state index contributed by atoms with van der Waals surface area (Å²) in [6, 6.07) is 33.4. The highest BCUT2D eigenvalue weighted by Gasteiger charge is 2.39. The van der Waals surface area contributed by atoms with Crippen LogP contribution in [0.5, 0.6) is 0 Å². The van der Waals surface area contributed by atoms with Crippen molar-refractivity contribution in [1.29, 1.82) is 0 Å². The van der Waals surface area contributed by atoms with E-state index >= 15 is 0 Å². The van der Waals surface area contributed by atoms with E-state index in [0.29, 0.717) is 0 Å². The lowest BCUT2D eigenvalue weighted by molar-refractivity contribution is 1.49. The molecule has 4 aromatic rings. The lowest BCUT2D eigenvalue weighted by Gasteiger charge is -2.37. The standard InChI is InChI=1S/C27H24Si/c1-19-17-18-21-15-10-16-23-24(21)26(19)28(2,3)27(22-13-8-5-9-14-22)25(23)20-11-6-4-7-12-20/h4-18H,1-3H3. The molecule has 0 saturated heterocycles. The maximum Gasteiger partial charge on any atom is 0.115 e. The molecule has 0 aromatic heterocycles. The van der Waals surface area contributed by atoms with E-state index in [2.05, 4.69) is 111 Å². The lowest BCUT2D eigenvalue weighted by atomic mass is 9.90. The molecule has 1 aliphatic rings. The van der Waals surface area contributed by atoms with E-state index in [1.54, 1.807) is 10.4 Å². The normalized spacial score (nSPS) is 15.1. The highest BCUT2D eigenvalue weighted by Crippen LogP contribution is 2.44. The molecule has 136 valence electrons. The van der Waals surface area contributed by atoms with Crippen molar-refractivity contribution in [1.82, 2.24) is 0 Å². The molecule has 0 fully saturated rings. The Morgan fingerprint density at radius 1 is 0.607 bits per heavy atom. The predicted octanol–water partition coefficient (Wildman–Crippen LogP) is 6.58. The average molecular weight is 377 g/mol. The molecule has 1 heterocycles. The van der Waals surface area contributed by atoms with Crippen LogP contribution in [0.1, 0.15) is 22.3 Å². The minimum Gasteiger partial charge on any atom is -0.0622 e. The van der Waals surface area contributed by atoms with E-state index in [9.17, 15) is 0 Å². The van der Waals surface area contributed by atoms with Crippen molar-refractivity contribution < 1.29 is 0 Å². The molecule has 0 bridgehead atoms. The Balaban J connectivity index is 2.01. The molecule has 1 aliphatic heterocycles. The minimum atomic E-state index is -1.92. The van der Waals surface area contributed by atoms with Gasteiger partial charge in [-0.25, -0.2) is 0 Å². The third kappa shape index (κ3) is 2.43. The van der Waals surface area contributed by atoms with Crippen LogP contribution in [0.3, 0.4) is 0 Å². The molecule has 0 nitrogen and oxygen atoms in total. The van der Waals surface area contributed by atoms with E-state index in [1.165, 1.54) is 38.6 Å². The Morgan fingerprint density at radius 2 is 1.25 bits per heavy atom. The monoisotopic (exact) mass is 376 g/mol. The summed E-state index contributed by atoms with van der Waals surface area (Å²) in [7, 11) is -1.92. The molecule has 0 amide bonds. The topological polar surface area (TPSA) is 0 Å². The highest BCUT2D eigenvalue weighted by atomic mass is 28.3. The predicted molar refractivity (Wildman–Crippen MR) is 125 cm³/mol. The van der Waals surface area contributed by atoms with Gasteiger partial charge in [-0.05, 0) is 50.3 Å². The van der Waals surface area contributed by atoms with E-state index < -0.39 is 8.07 Å². The fourth-order valence-electron chi connectivity index (χ4n) is 5.08. The first-order valence-electron chi connectivity index (χ1n) is 9.98. The molecule has 5 rings (SSSR count). The number of rotatable bonds is 2. The van der Waals surface area contributed by atoms with E-state index in [4.69, 9.17) is 0 Å². The van der Waals surface area contributed by atoms with Crippen LogP contribution in [0.4, 0.5) is 0 Å². The van der Waals surface area contributed by atoms with Gasteiger partial charge in [-0.3, -0.25) is 0 Å². The van der Waals surface area contributed by atoms with Gasteiger partial charge < -0.3 is 0 Å². The Labute approximate surface area is 168 Å². The van der Waals surface area contributed by atoms with Gasteiger partial charge >= 0.3 is 0 Å². The minimum absolute atomic E-state index is 1.32. The van der Waals surface area contributed by atoms with E-state index in [-0.39, 0.29) is 0 Å². The Morgan fingerprint density at radius 3 is 1.93 bits per heavy atom. The zero-order valence-corrected chi connectivity index (χ0v) is 17.7. The molecule has 0 spiro atoms. The third-order valence-corrected chi connectivity index (χ3v) is 9.83. The molecular weight excluding hydrogens is 352 g/mol. The van der Waals surface area contributed by atoms with Crippen LogP contribution >= 0.6 is 0 Å². The smallest absolute Gasteiger partial charge is 0.0622 e.